The number of nitrogens with one attached hydrogen (secondary N) is 1. The number of fused-ring (bicyclic) bond motifs is 2. The summed E-state index contributed by atoms with van der Waals surface area (Å²) in [6.45, 7) is 0. The Morgan fingerprint density at radius 2 is 2.00 bits per heavy atom. The van der Waals surface area contributed by atoms with Gasteiger partial charge in [0, 0.05) is 17.2 Å². The lowest BCUT2D eigenvalue weighted by molar-refractivity contribution is 0.354. The Kier molecular flexibility index (Phi) is 2.40. The van der Waals surface area contributed by atoms with E-state index >= 15 is 0 Å². The summed E-state index contributed by atoms with van der Waals surface area (Å²) in [4.78, 5) is 0. The Hall–Kier alpha value is -0.760. The van der Waals surface area contributed by atoms with Gasteiger partial charge in [-0.05, 0) is 12.8 Å². The van der Waals surface area contributed by atoms with Crippen molar-refractivity contribution in [3.8, 4) is 0 Å². The van der Waals surface area contributed by atoms with E-state index in [1.54, 1.807) is 0 Å². The Morgan fingerprint density at radius 3 is 2.79 bits per heavy atom. The Morgan fingerprint density at radius 1 is 1.21 bits per heavy atom. The van der Waals surface area contributed by atoms with Crippen LogP contribution < -0.4 is 0 Å². The molecular formula is C11H15ClN2. The van der Waals surface area contributed by atoms with Gasteiger partial charge in [-0.1, -0.05) is 31.4 Å². The lowest BCUT2D eigenvalue weighted by atomic mass is 9.73. The van der Waals surface area contributed by atoms with Crippen LogP contribution >= 0.6 is 12.4 Å². The van der Waals surface area contributed by atoms with Crippen molar-refractivity contribution >= 4 is 18.5 Å². The van der Waals surface area contributed by atoms with Gasteiger partial charge in [-0.2, -0.15) is 5.10 Å². The maximum absolute atomic E-state index is 4.39. The van der Waals surface area contributed by atoms with E-state index in [2.05, 4.69) is 22.3 Å². The molecular weight excluding hydrogens is 196 g/mol. The number of H-pyrrole nitrogens is 1. The number of hydrogen-bond donors (Lipinski definition) is 1. The van der Waals surface area contributed by atoms with Crippen molar-refractivity contribution in [3.05, 3.63) is 23.5 Å². The largest absolute Gasteiger partial charge is 0.285 e. The predicted octanol–water partition coefficient (Wildman–Crippen LogP) is 3.06. The van der Waals surface area contributed by atoms with Crippen LogP contribution in [0.15, 0.2) is 12.3 Å². The molecule has 1 saturated carbocycles. The fourth-order valence-corrected chi connectivity index (χ4v) is 2.74. The van der Waals surface area contributed by atoms with Gasteiger partial charge >= 0.3 is 0 Å². The molecule has 0 aromatic carbocycles. The quantitative estimate of drug-likeness (QED) is 0.701. The molecule has 0 atom stereocenters. The summed E-state index contributed by atoms with van der Waals surface area (Å²) in [5, 5.41) is 7.36. The summed E-state index contributed by atoms with van der Waals surface area (Å²) in [5.41, 5.74) is 2.92. The third-order valence-corrected chi connectivity index (χ3v) is 3.47. The van der Waals surface area contributed by atoms with Crippen LogP contribution in [-0.4, -0.2) is 10.2 Å². The molecule has 2 nitrogen and oxygen atoms in total. The third-order valence-electron chi connectivity index (χ3n) is 3.47. The standard InChI is InChI=1S/C11H14N2.ClH/c1-2-5-11(6-3-1)7-4-9-8-12-13-10(9)11;/h4,7-8H,1-3,5-6H2,(H,12,13);1H. The van der Waals surface area contributed by atoms with Crippen LogP contribution in [0.5, 0.6) is 0 Å². The molecule has 76 valence electrons. The minimum atomic E-state index is 0. The summed E-state index contributed by atoms with van der Waals surface area (Å²) in [5.74, 6) is 0. The van der Waals surface area contributed by atoms with E-state index in [0.717, 1.165) is 0 Å². The number of nitrogens with zero attached hydrogens (tertiary/aromatic N) is 1. The molecule has 14 heavy (non-hydrogen) atoms. The highest BCUT2D eigenvalue weighted by molar-refractivity contribution is 5.85. The van der Waals surface area contributed by atoms with E-state index in [0.29, 0.717) is 5.41 Å². The second-order valence-electron chi connectivity index (χ2n) is 4.24. The summed E-state index contributed by atoms with van der Waals surface area (Å²) in [6.07, 6.45) is 13.3. The molecule has 0 radical (unpaired) electrons. The number of aromatic nitrogens is 2. The maximum Gasteiger partial charge on any atom is 0.0793 e. The molecule has 3 rings (SSSR count). The lowest BCUT2D eigenvalue weighted by Crippen LogP contribution is -2.25. The van der Waals surface area contributed by atoms with Gasteiger partial charge < -0.3 is 0 Å². The van der Waals surface area contributed by atoms with Gasteiger partial charge in [0.15, 0.2) is 0 Å². The molecule has 1 spiro atoms. The number of halogens is 1. The van der Waals surface area contributed by atoms with Crippen molar-refractivity contribution in [2.45, 2.75) is 37.5 Å². The van der Waals surface area contributed by atoms with Crippen molar-refractivity contribution in [1.82, 2.24) is 10.2 Å². The highest BCUT2D eigenvalue weighted by Gasteiger charge is 2.37. The molecule has 1 aromatic heterocycles. The van der Waals surface area contributed by atoms with Crippen molar-refractivity contribution in [2.24, 2.45) is 0 Å². The lowest BCUT2D eigenvalue weighted by Gasteiger charge is -2.30. The summed E-state index contributed by atoms with van der Waals surface area (Å²) in [6, 6.07) is 0. The number of hydrogen-bond acceptors (Lipinski definition) is 1. The van der Waals surface area contributed by atoms with Crippen LogP contribution in [0.1, 0.15) is 43.4 Å². The highest BCUT2D eigenvalue weighted by atomic mass is 35.5. The van der Waals surface area contributed by atoms with Gasteiger partial charge in [-0.25, -0.2) is 0 Å². The van der Waals surface area contributed by atoms with E-state index in [-0.39, 0.29) is 12.4 Å². The Bertz CT molecular complexity index is 348. The first kappa shape index (κ1) is 9.78. The SMILES string of the molecule is C1=CC2(CCCCC2)c2n[nH]cc21.Cl. The predicted molar refractivity (Wildman–Crippen MR) is 59.6 cm³/mol. The first-order valence-electron chi connectivity index (χ1n) is 5.14. The molecule has 1 fully saturated rings. The van der Waals surface area contributed by atoms with Crippen LogP contribution in [0.3, 0.4) is 0 Å². The fraction of sp³-hybridized carbons (Fsp3) is 0.545. The number of rotatable bonds is 0. The van der Waals surface area contributed by atoms with Crippen LogP contribution in [-0.2, 0) is 5.41 Å². The zero-order chi connectivity index (χ0) is 8.73. The van der Waals surface area contributed by atoms with Crippen molar-refractivity contribution in [1.29, 1.82) is 0 Å². The molecule has 2 aliphatic carbocycles. The second-order valence-corrected chi connectivity index (χ2v) is 4.24. The van der Waals surface area contributed by atoms with Gasteiger partial charge in [0.1, 0.15) is 0 Å². The molecule has 0 bridgehead atoms. The van der Waals surface area contributed by atoms with Crippen LogP contribution in [0, 0.1) is 0 Å². The van der Waals surface area contributed by atoms with Crippen LogP contribution in [0.25, 0.3) is 6.08 Å². The van der Waals surface area contributed by atoms with Crippen molar-refractivity contribution < 1.29 is 0 Å². The zero-order valence-electron chi connectivity index (χ0n) is 8.12. The summed E-state index contributed by atoms with van der Waals surface area (Å²) >= 11 is 0. The first-order chi connectivity index (χ1) is 6.41. The first-order valence-corrected chi connectivity index (χ1v) is 5.14. The fourth-order valence-electron chi connectivity index (χ4n) is 2.74. The molecule has 1 N–H and O–H groups in total. The molecule has 0 amide bonds. The van der Waals surface area contributed by atoms with Crippen LogP contribution in [0.4, 0.5) is 0 Å². The van der Waals surface area contributed by atoms with Gasteiger partial charge in [-0.3, -0.25) is 5.10 Å². The van der Waals surface area contributed by atoms with Gasteiger partial charge in [0.25, 0.3) is 0 Å². The van der Waals surface area contributed by atoms with E-state index in [9.17, 15) is 0 Å². The van der Waals surface area contributed by atoms with E-state index in [4.69, 9.17) is 0 Å². The topological polar surface area (TPSA) is 28.7 Å². The van der Waals surface area contributed by atoms with Crippen LogP contribution in [0.2, 0.25) is 0 Å². The minimum absolute atomic E-state index is 0. The zero-order valence-corrected chi connectivity index (χ0v) is 8.94. The van der Waals surface area contributed by atoms with E-state index in [1.165, 1.54) is 43.4 Å². The second kappa shape index (κ2) is 3.43. The molecule has 2 aliphatic rings. The van der Waals surface area contributed by atoms with Gasteiger partial charge in [-0.15, -0.1) is 12.4 Å². The van der Waals surface area contributed by atoms with Crippen molar-refractivity contribution in [2.75, 3.05) is 0 Å². The maximum atomic E-state index is 4.39. The third kappa shape index (κ3) is 1.21. The minimum Gasteiger partial charge on any atom is -0.285 e. The number of allylic oxidation sites excluding steroid dienone is 1. The normalized spacial score (nSPS) is 22.0. The average molecular weight is 211 g/mol. The van der Waals surface area contributed by atoms with Gasteiger partial charge in [0.05, 0.1) is 5.69 Å². The Balaban J connectivity index is 0.000000750. The molecule has 0 unspecified atom stereocenters. The van der Waals surface area contributed by atoms with Gasteiger partial charge in [0.2, 0.25) is 0 Å². The smallest absolute Gasteiger partial charge is 0.0793 e. The summed E-state index contributed by atoms with van der Waals surface area (Å²) in [7, 11) is 0. The summed E-state index contributed by atoms with van der Waals surface area (Å²) < 4.78 is 0. The number of aromatic amines is 1. The van der Waals surface area contributed by atoms with E-state index < -0.39 is 0 Å². The Labute approximate surface area is 90.2 Å². The molecule has 3 heteroatoms. The molecule has 1 aromatic rings. The van der Waals surface area contributed by atoms with Crippen molar-refractivity contribution in [3.63, 3.8) is 0 Å². The average Bonchev–Trinajstić information content (AvgIpc) is 2.73. The molecule has 1 heterocycles. The van der Waals surface area contributed by atoms with E-state index in [1.807, 2.05) is 6.20 Å². The molecule has 0 aliphatic heterocycles. The molecule has 0 saturated heterocycles. The highest BCUT2D eigenvalue weighted by Crippen LogP contribution is 2.45. The monoisotopic (exact) mass is 210 g/mol.